The van der Waals surface area contributed by atoms with E-state index in [1.807, 2.05) is 12.1 Å². The van der Waals surface area contributed by atoms with Crippen LogP contribution in [-0.4, -0.2) is 25.3 Å². The first-order valence-electron chi connectivity index (χ1n) is 11.9. The highest BCUT2D eigenvalue weighted by molar-refractivity contribution is 5.52. The van der Waals surface area contributed by atoms with Crippen LogP contribution in [0.1, 0.15) is 58.9 Å². The van der Waals surface area contributed by atoms with Crippen molar-refractivity contribution in [3.8, 4) is 0 Å². The van der Waals surface area contributed by atoms with E-state index < -0.39 is 0 Å². The summed E-state index contributed by atoms with van der Waals surface area (Å²) in [5.41, 5.74) is 8.31. The molecule has 0 N–H and O–H groups in total. The standard InChI is InChI=1S/C29H30FNO/c1-20-2-12-27-23(18-20)7-13-26(21-3-8-24(30)9-4-21)28(27)22-5-10-25(11-6-22)31-16-14-29(15-17-31)19-32-29/h2-6,8-12,18,26,28H,7,13-17,19H2,1H3/t26-,28+/m1/s1. The van der Waals surface area contributed by atoms with Gasteiger partial charge in [-0.1, -0.05) is 48.0 Å². The number of anilines is 1. The molecule has 6 rings (SSSR count). The fourth-order valence-corrected chi connectivity index (χ4v) is 5.89. The molecule has 3 aromatic carbocycles. The molecule has 1 spiro atoms. The molecule has 2 nitrogen and oxygen atoms in total. The summed E-state index contributed by atoms with van der Waals surface area (Å²) in [6.45, 7) is 5.27. The van der Waals surface area contributed by atoms with Crippen LogP contribution in [0, 0.1) is 12.7 Å². The van der Waals surface area contributed by atoms with Crippen LogP contribution in [0.5, 0.6) is 0 Å². The minimum Gasteiger partial charge on any atom is -0.371 e. The van der Waals surface area contributed by atoms with Gasteiger partial charge in [-0.2, -0.15) is 0 Å². The molecule has 2 atom stereocenters. The average Bonchev–Trinajstić information content (AvgIpc) is 3.58. The number of epoxide rings is 1. The van der Waals surface area contributed by atoms with Gasteiger partial charge in [0, 0.05) is 24.7 Å². The van der Waals surface area contributed by atoms with E-state index in [9.17, 15) is 4.39 Å². The van der Waals surface area contributed by atoms with Gasteiger partial charge in [0.05, 0.1) is 12.2 Å². The van der Waals surface area contributed by atoms with Crippen molar-refractivity contribution in [2.45, 2.75) is 50.0 Å². The van der Waals surface area contributed by atoms with Gasteiger partial charge in [-0.25, -0.2) is 4.39 Å². The van der Waals surface area contributed by atoms with Crippen molar-refractivity contribution in [2.24, 2.45) is 0 Å². The van der Waals surface area contributed by atoms with Gasteiger partial charge >= 0.3 is 0 Å². The maximum absolute atomic E-state index is 13.6. The largest absolute Gasteiger partial charge is 0.371 e. The molecule has 1 aliphatic carbocycles. The number of piperidine rings is 1. The van der Waals surface area contributed by atoms with E-state index in [-0.39, 0.29) is 11.4 Å². The molecular weight excluding hydrogens is 397 g/mol. The molecule has 0 saturated carbocycles. The molecular formula is C29H30FNO. The number of aryl methyl sites for hydroxylation is 2. The summed E-state index contributed by atoms with van der Waals surface area (Å²) in [6.07, 6.45) is 4.43. The van der Waals surface area contributed by atoms with Gasteiger partial charge < -0.3 is 9.64 Å². The van der Waals surface area contributed by atoms with Gasteiger partial charge in [0.15, 0.2) is 0 Å². The number of rotatable bonds is 3. The van der Waals surface area contributed by atoms with Crippen LogP contribution in [-0.2, 0) is 11.2 Å². The molecule has 0 radical (unpaired) electrons. The summed E-state index contributed by atoms with van der Waals surface area (Å²) in [7, 11) is 0. The van der Waals surface area contributed by atoms with Crippen LogP contribution in [0.4, 0.5) is 10.1 Å². The highest BCUT2D eigenvalue weighted by atomic mass is 19.1. The lowest BCUT2D eigenvalue weighted by atomic mass is 9.69. The fraction of sp³-hybridized carbons (Fsp3) is 0.379. The third-order valence-electron chi connectivity index (χ3n) is 7.90. The monoisotopic (exact) mass is 427 g/mol. The molecule has 3 aromatic rings. The Morgan fingerprint density at radius 2 is 1.59 bits per heavy atom. The zero-order valence-electron chi connectivity index (χ0n) is 18.7. The second-order valence-corrected chi connectivity index (χ2v) is 9.93. The van der Waals surface area contributed by atoms with E-state index in [0.717, 1.165) is 45.4 Å². The quantitative estimate of drug-likeness (QED) is 0.452. The van der Waals surface area contributed by atoms with Crippen molar-refractivity contribution in [2.75, 3.05) is 24.6 Å². The van der Waals surface area contributed by atoms with Crippen LogP contribution < -0.4 is 4.90 Å². The van der Waals surface area contributed by atoms with Gasteiger partial charge in [-0.3, -0.25) is 0 Å². The Balaban J connectivity index is 1.33. The molecule has 2 heterocycles. The van der Waals surface area contributed by atoms with Crippen molar-refractivity contribution in [3.63, 3.8) is 0 Å². The number of ether oxygens (including phenoxy) is 1. The Morgan fingerprint density at radius 1 is 0.906 bits per heavy atom. The van der Waals surface area contributed by atoms with E-state index in [0.29, 0.717) is 11.8 Å². The first kappa shape index (κ1) is 20.0. The molecule has 32 heavy (non-hydrogen) atoms. The van der Waals surface area contributed by atoms with Gasteiger partial charge in [-0.15, -0.1) is 0 Å². The predicted molar refractivity (Wildman–Crippen MR) is 127 cm³/mol. The molecule has 3 aliphatic rings. The van der Waals surface area contributed by atoms with Crippen LogP contribution >= 0.6 is 0 Å². The number of fused-ring (bicyclic) bond motifs is 1. The SMILES string of the molecule is Cc1ccc2c(c1)CC[C@H](c1ccc(F)cc1)[C@@H]2c1ccc(N2CCC3(CC2)CO3)cc1. The summed E-state index contributed by atoms with van der Waals surface area (Å²) in [5, 5.41) is 0. The molecule has 2 saturated heterocycles. The van der Waals surface area contributed by atoms with Crippen LogP contribution in [0.15, 0.2) is 66.7 Å². The fourth-order valence-electron chi connectivity index (χ4n) is 5.89. The van der Waals surface area contributed by atoms with E-state index >= 15 is 0 Å². The van der Waals surface area contributed by atoms with Crippen molar-refractivity contribution in [1.29, 1.82) is 0 Å². The zero-order chi connectivity index (χ0) is 21.7. The topological polar surface area (TPSA) is 15.8 Å². The first-order chi connectivity index (χ1) is 15.6. The number of hydrogen-bond donors (Lipinski definition) is 0. The Bertz CT molecular complexity index is 1110. The van der Waals surface area contributed by atoms with Crippen LogP contribution in [0.3, 0.4) is 0 Å². The third kappa shape index (κ3) is 3.63. The van der Waals surface area contributed by atoms with E-state index in [1.165, 1.54) is 33.5 Å². The normalized spacial score (nSPS) is 23.8. The van der Waals surface area contributed by atoms with Gasteiger partial charge in [-0.05, 0) is 85.0 Å². The van der Waals surface area contributed by atoms with Crippen LogP contribution in [0.2, 0.25) is 0 Å². The minimum atomic E-state index is -0.165. The molecule has 0 amide bonds. The Hall–Kier alpha value is -2.65. The first-order valence-corrected chi connectivity index (χ1v) is 11.9. The summed E-state index contributed by atoms with van der Waals surface area (Å²) in [4.78, 5) is 2.49. The highest BCUT2D eigenvalue weighted by Crippen LogP contribution is 2.47. The lowest BCUT2D eigenvalue weighted by molar-refractivity contribution is 0.258. The van der Waals surface area contributed by atoms with Crippen molar-refractivity contribution >= 4 is 5.69 Å². The van der Waals surface area contributed by atoms with Crippen molar-refractivity contribution in [1.82, 2.24) is 0 Å². The van der Waals surface area contributed by atoms with E-state index in [2.05, 4.69) is 54.3 Å². The minimum absolute atomic E-state index is 0.165. The van der Waals surface area contributed by atoms with Crippen molar-refractivity contribution < 1.29 is 9.13 Å². The molecule has 2 fully saturated rings. The number of halogens is 1. The zero-order valence-corrected chi connectivity index (χ0v) is 18.7. The van der Waals surface area contributed by atoms with Crippen molar-refractivity contribution in [3.05, 3.63) is 100 Å². The third-order valence-corrected chi connectivity index (χ3v) is 7.90. The molecule has 3 heteroatoms. The second kappa shape index (κ2) is 7.74. The summed E-state index contributed by atoms with van der Waals surface area (Å²) in [5.74, 6) is 0.489. The number of nitrogens with zero attached hydrogens (tertiary/aromatic N) is 1. The van der Waals surface area contributed by atoms with Gasteiger partial charge in [0.25, 0.3) is 0 Å². The molecule has 0 unspecified atom stereocenters. The number of hydrogen-bond acceptors (Lipinski definition) is 2. The summed E-state index contributed by atoms with van der Waals surface area (Å²) >= 11 is 0. The van der Waals surface area contributed by atoms with E-state index in [1.54, 1.807) is 12.1 Å². The molecule has 0 bridgehead atoms. The lowest BCUT2D eigenvalue weighted by Gasteiger charge is -2.36. The maximum Gasteiger partial charge on any atom is 0.123 e. The molecule has 164 valence electrons. The Labute approximate surface area is 190 Å². The van der Waals surface area contributed by atoms with Gasteiger partial charge in [0.2, 0.25) is 0 Å². The molecule has 0 aromatic heterocycles. The average molecular weight is 428 g/mol. The molecule has 2 aliphatic heterocycles. The lowest BCUT2D eigenvalue weighted by Crippen LogP contribution is -2.37. The summed E-state index contributed by atoms with van der Waals surface area (Å²) in [6, 6.07) is 23.3. The Kier molecular flexibility index (Phi) is 4.83. The second-order valence-electron chi connectivity index (χ2n) is 9.93. The highest BCUT2D eigenvalue weighted by Gasteiger charge is 2.46. The maximum atomic E-state index is 13.6. The Morgan fingerprint density at radius 3 is 2.28 bits per heavy atom. The van der Waals surface area contributed by atoms with E-state index in [4.69, 9.17) is 4.74 Å². The predicted octanol–water partition coefficient (Wildman–Crippen LogP) is 6.37. The number of benzene rings is 3. The van der Waals surface area contributed by atoms with Gasteiger partial charge in [0.1, 0.15) is 5.82 Å². The smallest absolute Gasteiger partial charge is 0.123 e. The van der Waals surface area contributed by atoms with Crippen LogP contribution in [0.25, 0.3) is 0 Å². The summed E-state index contributed by atoms with van der Waals surface area (Å²) < 4.78 is 19.3.